The summed E-state index contributed by atoms with van der Waals surface area (Å²) in [5.41, 5.74) is 2.64. The highest BCUT2D eigenvalue weighted by Gasteiger charge is 2.30. The lowest BCUT2D eigenvalue weighted by atomic mass is 10.0. The van der Waals surface area contributed by atoms with Gasteiger partial charge in [0.15, 0.2) is 0 Å². The monoisotopic (exact) mass is 593 g/mol. The molecule has 42 heavy (non-hydrogen) atoms. The highest BCUT2D eigenvalue weighted by Crippen LogP contribution is 2.23. The lowest BCUT2D eigenvalue weighted by Gasteiger charge is -2.31. The van der Waals surface area contributed by atoms with Gasteiger partial charge in [0.2, 0.25) is 21.8 Å². The van der Waals surface area contributed by atoms with Crippen molar-refractivity contribution in [2.45, 2.75) is 55.6 Å². The molecule has 1 fully saturated rings. The van der Waals surface area contributed by atoms with Crippen molar-refractivity contribution in [3.63, 3.8) is 0 Å². The maximum atomic E-state index is 13.9. The van der Waals surface area contributed by atoms with Gasteiger partial charge in [-0.25, -0.2) is 13.1 Å². The first-order valence-electron chi connectivity index (χ1n) is 14.1. The average Bonchev–Trinajstić information content (AvgIpc) is 3.82. The minimum Gasteiger partial charge on any atom is -0.497 e. The summed E-state index contributed by atoms with van der Waals surface area (Å²) in [7, 11) is -0.384. The molecule has 0 bridgehead atoms. The molecular weight excluding hydrogens is 554 g/mol. The third-order valence-corrected chi connectivity index (χ3v) is 8.69. The Hall–Kier alpha value is -3.73. The van der Waals surface area contributed by atoms with Gasteiger partial charge in [-0.15, -0.1) is 0 Å². The first kappa shape index (κ1) is 31.2. The van der Waals surface area contributed by atoms with E-state index < -0.39 is 16.1 Å². The molecule has 0 saturated heterocycles. The van der Waals surface area contributed by atoms with E-state index in [0.29, 0.717) is 31.7 Å². The summed E-state index contributed by atoms with van der Waals surface area (Å²) in [5, 5.41) is 2.91. The fourth-order valence-electron chi connectivity index (χ4n) is 4.59. The molecule has 1 aliphatic rings. The fraction of sp³-hybridized carbons (Fsp3) is 0.375. The van der Waals surface area contributed by atoms with Crippen molar-refractivity contribution in [3.05, 3.63) is 95.6 Å². The predicted octanol–water partition coefficient (Wildman–Crippen LogP) is 3.47. The number of rotatable bonds is 16. The fourth-order valence-corrected chi connectivity index (χ4v) is 5.90. The number of nitrogens with zero attached hydrogens (tertiary/aromatic N) is 1. The van der Waals surface area contributed by atoms with E-state index >= 15 is 0 Å². The van der Waals surface area contributed by atoms with Gasteiger partial charge in [0, 0.05) is 39.1 Å². The Bertz CT molecular complexity index is 1410. The van der Waals surface area contributed by atoms with Crippen LogP contribution in [0.25, 0.3) is 0 Å². The number of benzene rings is 3. The van der Waals surface area contributed by atoms with Crippen LogP contribution in [-0.2, 0) is 43.7 Å². The van der Waals surface area contributed by atoms with Crippen molar-refractivity contribution in [2.24, 2.45) is 0 Å². The van der Waals surface area contributed by atoms with Gasteiger partial charge in [0.25, 0.3) is 0 Å². The summed E-state index contributed by atoms with van der Waals surface area (Å²) >= 11 is 0. The van der Waals surface area contributed by atoms with Crippen molar-refractivity contribution in [1.82, 2.24) is 14.9 Å². The second kappa shape index (κ2) is 14.9. The van der Waals surface area contributed by atoms with Crippen LogP contribution < -0.4 is 14.8 Å². The molecule has 1 aliphatic carbocycles. The van der Waals surface area contributed by atoms with E-state index in [2.05, 4.69) is 10.0 Å². The Morgan fingerprint density at radius 1 is 0.905 bits per heavy atom. The normalized spacial score (nSPS) is 13.8. The summed E-state index contributed by atoms with van der Waals surface area (Å²) in [6.45, 7) is 0.927. The molecule has 1 atom stereocenters. The molecule has 2 N–H and O–H groups in total. The Morgan fingerprint density at radius 2 is 1.57 bits per heavy atom. The highest BCUT2D eigenvalue weighted by molar-refractivity contribution is 7.89. The number of amides is 2. The molecule has 0 aromatic heterocycles. The summed E-state index contributed by atoms with van der Waals surface area (Å²) in [6.07, 6.45) is 2.63. The number of carbonyl (C=O) groups is 2. The van der Waals surface area contributed by atoms with Gasteiger partial charge in [-0.1, -0.05) is 54.6 Å². The summed E-state index contributed by atoms with van der Waals surface area (Å²) in [5.74, 6) is 0.267. The molecule has 224 valence electrons. The minimum absolute atomic E-state index is 0.0273. The molecule has 9 nitrogen and oxygen atoms in total. The van der Waals surface area contributed by atoms with Crippen LogP contribution >= 0.6 is 0 Å². The van der Waals surface area contributed by atoms with E-state index in [0.717, 1.165) is 29.5 Å². The number of hydrogen-bond donors (Lipinski definition) is 2. The number of nitrogens with one attached hydrogen (secondary N) is 2. The summed E-state index contributed by atoms with van der Waals surface area (Å²) in [6, 6.07) is 22.9. The third-order valence-electron chi connectivity index (χ3n) is 7.15. The number of ether oxygens (including phenoxy) is 2. The SMILES string of the molecule is COCCNC(=O)[C@H](Cc1ccccc1)N(Cc1ccc(OC)cc1)C(=O)CCc1ccc(S(=O)(=O)NC2CC2)cc1. The number of methoxy groups -OCH3 is 2. The smallest absolute Gasteiger partial charge is 0.243 e. The Labute approximate surface area is 248 Å². The second-order valence-electron chi connectivity index (χ2n) is 10.4. The molecule has 0 unspecified atom stereocenters. The number of hydrogen-bond acceptors (Lipinski definition) is 6. The second-order valence-corrected chi connectivity index (χ2v) is 12.1. The van der Waals surface area contributed by atoms with Crippen molar-refractivity contribution in [3.8, 4) is 5.75 Å². The third kappa shape index (κ3) is 9.14. The maximum absolute atomic E-state index is 13.9. The average molecular weight is 594 g/mol. The van der Waals surface area contributed by atoms with Gasteiger partial charge < -0.3 is 19.7 Å². The van der Waals surface area contributed by atoms with Crippen LogP contribution in [0.2, 0.25) is 0 Å². The molecule has 10 heteroatoms. The molecular formula is C32H39N3O6S. The number of carbonyl (C=O) groups excluding carboxylic acids is 2. The van der Waals surface area contributed by atoms with Crippen LogP contribution in [0, 0.1) is 0 Å². The number of sulfonamides is 1. The van der Waals surface area contributed by atoms with Crippen molar-refractivity contribution >= 4 is 21.8 Å². The maximum Gasteiger partial charge on any atom is 0.243 e. The van der Waals surface area contributed by atoms with Crippen LogP contribution in [0.5, 0.6) is 5.75 Å². The van der Waals surface area contributed by atoms with Crippen molar-refractivity contribution in [1.29, 1.82) is 0 Å². The van der Waals surface area contributed by atoms with E-state index in [1.807, 2.05) is 54.6 Å². The van der Waals surface area contributed by atoms with Crippen LogP contribution in [0.3, 0.4) is 0 Å². The lowest BCUT2D eigenvalue weighted by Crippen LogP contribution is -2.51. The Balaban J connectivity index is 1.54. The first-order chi connectivity index (χ1) is 20.3. The number of aryl methyl sites for hydroxylation is 1. The largest absolute Gasteiger partial charge is 0.497 e. The standard InChI is InChI=1S/C32H39N3O6S/c1-40-21-20-33-32(37)30(22-25-6-4-3-5-7-25)35(23-26-8-15-28(41-2)16-9-26)31(36)19-12-24-10-17-29(18-11-24)42(38,39)34-27-13-14-27/h3-11,15-18,27,30,34H,12-14,19-23H2,1-2H3,(H,33,37)/t30-/m0/s1. The van der Waals surface area contributed by atoms with Gasteiger partial charge >= 0.3 is 0 Å². The molecule has 0 radical (unpaired) electrons. The van der Waals surface area contributed by atoms with E-state index in [-0.39, 0.29) is 35.7 Å². The van der Waals surface area contributed by atoms with Gasteiger partial charge in [-0.2, -0.15) is 0 Å². The topological polar surface area (TPSA) is 114 Å². The molecule has 2 amide bonds. The van der Waals surface area contributed by atoms with Crippen molar-refractivity contribution < 1.29 is 27.5 Å². The van der Waals surface area contributed by atoms with Crippen LogP contribution in [-0.4, -0.2) is 64.6 Å². The minimum atomic E-state index is -3.55. The molecule has 3 aromatic carbocycles. The molecule has 0 aliphatic heterocycles. The van der Waals surface area contributed by atoms with Crippen LogP contribution in [0.4, 0.5) is 0 Å². The molecule has 4 rings (SSSR count). The van der Waals surface area contributed by atoms with Crippen molar-refractivity contribution in [2.75, 3.05) is 27.4 Å². The zero-order valence-electron chi connectivity index (χ0n) is 24.1. The molecule has 0 spiro atoms. The van der Waals surface area contributed by atoms with E-state index in [4.69, 9.17) is 9.47 Å². The van der Waals surface area contributed by atoms with Crippen LogP contribution in [0.1, 0.15) is 36.0 Å². The Kier molecular flexibility index (Phi) is 11.1. The van der Waals surface area contributed by atoms with Gasteiger partial charge in [0.05, 0.1) is 18.6 Å². The van der Waals surface area contributed by atoms with Gasteiger partial charge in [-0.05, 0) is 60.2 Å². The highest BCUT2D eigenvalue weighted by atomic mass is 32.2. The first-order valence-corrected chi connectivity index (χ1v) is 15.6. The zero-order chi connectivity index (χ0) is 30.0. The van der Waals surface area contributed by atoms with E-state index in [9.17, 15) is 18.0 Å². The molecule has 3 aromatic rings. The Morgan fingerprint density at radius 3 is 2.19 bits per heavy atom. The van der Waals surface area contributed by atoms with Gasteiger partial charge in [-0.3, -0.25) is 9.59 Å². The predicted molar refractivity (Wildman–Crippen MR) is 160 cm³/mol. The van der Waals surface area contributed by atoms with E-state index in [1.54, 1.807) is 43.4 Å². The molecule has 0 heterocycles. The zero-order valence-corrected chi connectivity index (χ0v) is 24.9. The summed E-state index contributed by atoms with van der Waals surface area (Å²) < 4.78 is 38.1. The van der Waals surface area contributed by atoms with Crippen LogP contribution in [0.15, 0.2) is 83.8 Å². The van der Waals surface area contributed by atoms with Gasteiger partial charge in [0.1, 0.15) is 11.8 Å². The lowest BCUT2D eigenvalue weighted by molar-refractivity contribution is -0.141. The summed E-state index contributed by atoms with van der Waals surface area (Å²) in [4.78, 5) is 29.2. The molecule has 1 saturated carbocycles. The van der Waals surface area contributed by atoms with E-state index in [1.165, 1.54) is 0 Å². The quantitative estimate of drug-likeness (QED) is 0.246.